The lowest BCUT2D eigenvalue weighted by Crippen LogP contribution is -2.06. The fraction of sp³-hybridized carbons (Fsp3) is 0.100. The predicted octanol–water partition coefficient (Wildman–Crippen LogP) is 4.16. The Hall–Kier alpha value is -1.17. The molecule has 0 N–H and O–H groups in total. The first-order valence-electron chi connectivity index (χ1n) is 4.20. The molecule has 0 aliphatic rings. The minimum atomic E-state index is -4.58. The molecule has 0 bridgehead atoms. The Morgan fingerprint density at radius 3 is 2.44 bits per heavy atom. The third kappa shape index (κ3) is 1.89. The predicted molar refractivity (Wildman–Crippen MR) is 54.4 cm³/mol. The van der Waals surface area contributed by atoms with E-state index in [0.717, 1.165) is 6.07 Å². The Kier molecular flexibility index (Phi) is 2.61. The number of aromatic nitrogens is 1. The average Bonchev–Trinajstić information content (AvgIpc) is 2.17. The minimum absolute atomic E-state index is 0.0734. The van der Waals surface area contributed by atoms with Gasteiger partial charge >= 0.3 is 6.18 Å². The molecule has 0 unspecified atom stereocenters. The molecular weight excluding hydrogens is 290 g/mol. The van der Waals surface area contributed by atoms with E-state index in [4.69, 9.17) is 0 Å². The lowest BCUT2D eigenvalue weighted by atomic mass is 10.1. The number of pyridine rings is 1. The first kappa shape index (κ1) is 11.3. The number of hydrogen-bond acceptors (Lipinski definition) is 1. The van der Waals surface area contributed by atoms with E-state index in [1.165, 1.54) is 12.3 Å². The highest BCUT2D eigenvalue weighted by molar-refractivity contribution is 9.10. The highest BCUT2D eigenvalue weighted by Crippen LogP contribution is 2.36. The molecular formula is C10H4BrF4N. The summed E-state index contributed by atoms with van der Waals surface area (Å²) in [4.78, 5) is 3.75. The van der Waals surface area contributed by atoms with Crippen LogP contribution in [0.15, 0.2) is 29.0 Å². The van der Waals surface area contributed by atoms with Crippen LogP contribution in [0.2, 0.25) is 0 Å². The van der Waals surface area contributed by atoms with Gasteiger partial charge in [-0.1, -0.05) is 0 Å². The van der Waals surface area contributed by atoms with Gasteiger partial charge in [0, 0.05) is 11.6 Å². The Labute approximate surface area is 96.2 Å². The minimum Gasteiger partial charge on any atom is -0.249 e. The standard InChI is InChI=1S/C10H4BrF4N/c11-9-7-3-5(12)4-8(10(13,14)15)6(7)1-2-16-9/h1-4H. The third-order valence-electron chi connectivity index (χ3n) is 2.10. The van der Waals surface area contributed by atoms with Gasteiger partial charge in [0.2, 0.25) is 0 Å². The lowest BCUT2D eigenvalue weighted by molar-refractivity contribution is -0.136. The van der Waals surface area contributed by atoms with Crippen LogP contribution in [0, 0.1) is 5.82 Å². The average molecular weight is 294 g/mol. The van der Waals surface area contributed by atoms with Crippen LogP contribution in [0.25, 0.3) is 10.8 Å². The molecule has 0 saturated heterocycles. The third-order valence-corrected chi connectivity index (χ3v) is 2.73. The second kappa shape index (κ2) is 3.69. The van der Waals surface area contributed by atoms with Gasteiger partial charge in [0.25, 0.3) is 0 Å². The Morgan fingerprint density at radius 1 is 1.12 bits per heavy atom. The molecule has 0 aliphatic heterocycles. The molecule has 6 heteroatoms. The fourth-order valence-electron chi connectivity index (χ4n) is 1.45. The Morgan fingerprint density at radius 2 is 1.81 bits per heavy atom. The van der Waals surface area contributed by atoms with E-state index in [2.05, 4.69) is 20.9 Å². The second-order valence-electron chi connectivity index (χ2n) is 3.15. The van der Waals surface area contributed by atoms with Crippen LogP contribution in [-0.2, 0) is 6.18 Å². The summed E-state index contributed by atoms with van der Waals surface area (Å²) < 4.78 is 51.1. The van der Waals surface area contributed by atoms with E-state index in [9.17, 15) is 17.6 Å². The number of alkyl halides is 3. The van der Waals surface area contributed by atoms with Crippen molar-refractivity contribution >= 4 is 26.7 Å². The maximum absolute atomic E-state index is 13.1. The Balaban J connectivity index is 2.89. The van der Waals surface area contributed by atoms with E-state index < -0.39 is 17.6 Å². The number of benzene rings is 1. The van der Waals surface area contributed by atoms with E-state index in [1.807, 2.05) is 0 Å². The zero-order valence-corrected chi connectivity index (χ0v) is 9.23. The van der Waals surface area contributed by atoms with E-state index in [1.54, 1.807) is 0 Å². The molecule has 2 rings (SSSR count). The van der Waals surface area contributed by atoms with Crippen molar-refractivity contribution < 1.29 is 17.6 Å². The van der Waals surface area contributed by atoms with Gasteiger partial charge < -0.3 is 0 Å². The van der Waals surface area contributed by atoms with Crippen LogP contribution in [0.1, 0.15) is 5.56 Å². The van der Waals surface area contributed by atoms with Crippen molar-refractivity contribution in [2.75, 3.05) is 0 Å². The van der Waals surface area contributed by atoms with Gasteiger partial charge in [0.15, 0.2) is 0 Å². The zero-order chi connectivity index (χ0) is 11.9. The molecule has 1 aromatic carbocycles. The summed E-state index contributed by atoms with van der Waals surface area (Å²) in [5, 5.41) is 0.0330. The summed E-state index contributed by atoms with van der Waals surface area (Å²) in [6, 6.07) is 2.71. The molecule has 1 aromatic heterocycles. The summed E-state index contributed by atoms with van der Waals surface area (Å²) in [7, 11) is 0. The summed E-state index contributed by atoms with van der Waals surface area (Å²) in [5.41, 5.74) is -0.995. The van der Waals surface area contributed by atoms with Crippen molar-refractivity contribution in [2.24, 2.45) is 0 Å². The van der Waals surface area contributed by atoms with E-state index in [0.29, 0.717) is 6.07 Å². The molecule has 1 nitrogen and oxygen atoms in total. The van der Waals surface area contributed by atoms with Gasteiger partial charge in [-0.25, -0.2) is 9.37 Å². The maximum Gasteiger partial charge on any atom is 0.417 e. The summed E-state index contributed by atoms with van der Waals surface area (Å²) in [6.07, 6.45) is -3.35. The number of halogens is 5. The van der Waals surface area contributed by atoms with E-state index in [-0.39, 0.29) is 15.4 Å². The van der Waals surface area contributed by atoms with Crippen LogP contribution in [0.4, 0.5) is 17.6 Å². The summed E-state index contributed by atoms with van der Waals surface area (Å²) in [5.74, 6) is -0.937. The zero-order valence-electron chi connectivity index (χ0n) is 7.65. The second-order valence-corrected chi connectivity index (χ2v) is 3.90. The van der Waals surface area contributed by atoms with Gasteiger partial charge in [-0.05, 0) is 39.5 Å². The number of nitrogens with zero attached hydrogens (tertiary/aromatic N) is 1. The van der Waals surface area contributed by atoms with Crippen LogP contribution in [0.3, 0.4) is 0 Å². The van der Waals surface area contributed by atoms with Crippen molar-refractivity contribution in [3.8, 4) is 0 Å². The topological polar surface area (TPSA) is 12.9 Å². The number of rotatable bonds is 0. The molecule has 0 aliphatic carbocycles. The normalized spacial score (nSPS) is 12.1. The van der Waals surface area contributed by atoms with E-state index >= 15 is 0 Å². The molecule has 0 atom stereocenters. The molecule has 0 radical (unpaired) electrons. The molecule has 84 valence electrons. The van der Waals surface area contributed by atoms with Crippen molar-refractivity contribution in [2.45, 2.75) is 6.18 Å². The highest BCUT2D eigenvalue weighted by Gasteiger charge is 2.33. The SMILES string of the molecule is Fc1cc(C(F)(F)F)c2ccnc(Br)c2c1. The first-order valence-corrected chi connectivity index (χ1v) is 5.00. The van der Waals surface area contributed by atoms with Crippen LogP contribution < -0.4 is 0 Å². The first-order chi connectivity index (χ1) is 7.39. The molecule has 1 heterocycles. The van der Waals surface area contributed by atoms with Crippen LogP contribution >= 0.6 is 15.9 Å². The molecule has 2 aromatic rings. The van der Waals surface area contributed by atoms with Crippen molar-refractivity contribution in [1.82, 2.24) is 4.98 Å². The molecule has 0 fully saturated rings. The Bertz CT molecular complexity index is 550. The quantitative estimate of drug-likeness (QED) is 0.525. The lowest BCUT2D eigenvalue weighted by Gasteiger charge is -2.10. The number of hydrogen-bond donors (Lipinski definition) is 0. The van der Waals surface area contributed by atoms with Crippen molar-refractivity contribution in [3.63, 3.8) is 0 Å². The summed E-state index contributed by atoms with van der Waals surface area (Å²) >= 11 is 2.99. The van der Waals surface area contributed by atoms with Gasteiger partial charge in [0.05, 0.1) is 5.56 Å². The number of fused-ring (bicyclic) bond motifs is 1. The van der Waals surface area contributed by atoms with Crippen LogP contribution in [-0.4, -0.2) is 4.98 Å². The smallest absolute Gasteiger partial charge is 0.249 e. The molecule has 16 heavy (non-hydrogen) atoms. The van der Waals surface area contributed by atoms with Crippen LogP contribution in [0.5, 0.6) is 0 Å². The van der Waals surface area contributed by atoms with Gasteiger partial charge in [-0.15, -0.1) is 0 Å². The van der Waals surface area contributed by atoms with Crippen molar-refractivity contribution in [1.29, 1.82) is 0 Å². The molecule has 0 spiro atoms. The van der Waals surface area contributed by atoms with Gasteiger partial charge in [0.1, 0.15) is 10.4 Å². The highest BCUT2D eigenvalue weighted by atomic mass is 79.9. The van der Waals surface area contributed by atoms with Gasteiger partial charge in [-0.2, -0.15) is 13.2 Å². The fourth-order valence-corrected chi connectivity index (χ4v) is 1.90. The van der Waals surface area contributed by atoms with Crippen molar-refractivity contribution in [3.05, 3.63) is 40.4 Å². The summed E-state index contributed by atoms with van der Waals surface area (Å²) in [6.45, 7) is 0. The molecule has 0 amide bonds. The maximum atomic E-state index is 13.1. The molecule has 0 saturated carbocycles. The monoisotopic (exact) mass is 293 g/mol. The van der Waals surface area contributed by atoms with Gasteiger partial charge in [-0.3, -0.25) is 0 Å². The largest absolute Gasteiger partial charge is 0.417 e.